The summed E-state index contributed by atoms with van der Waals surface area (Å²) in [5.74, 6) is 0.427. The summed E-state index contributed by atoms with van der Waals surface area (Å²) in [6.45, 7) is 1.35. The summed E-state index contributed by atoms with van der Waals surface area (Å²) in [7, 11) is 0. The van der Waals surface area contributed by atoms with Crippen molar-refractivity contribution in [3.63, 3.8) is 0 Å². The van der Waals surface area contributed by atoms with Crippen molar-refractivity contribution in [1.29, 1.82) is 0 Å². The van der Waals surface area contributed by atoms with Crippen LogP contribution >= 0.6 is 11.3 Å². The third kappa shape index (κ3) is 3.87. The van der Waals surface area contributed by atoms with Gasteiger partial charge in [0.1, 0.15) is 10.6 Å². The van der Waals surface area contributed by atoms with Crippen LogP contribution in [0.1, 0.15) is 28.1 Å². The zero-order valence-corrected chi connectivity index (χ0v) is 17.2. The first-order chi connectivity index (χ1) is 14.9. The van der Waals surface area contributed by atoms with Crippen LogP contribution in [-0.4, -0.2) is 25.0 Å². The van der Waals surface area contributed by atoms with Gasteiger partial charge in [-0.3, -0.25) is 4.79 Å². The first-order valence-electron chi connectivity index (χ1n) is 10.0. The number of nitrogens with zero attached hydrogens (tertiary/aromatic N) is 2. The molecule has 1 aliphatic heterocycles. The Morgan fingerprint density at radius 2 is 1.68 bits per heavy atom. The number of alkyl halides is 3. The van der Waals surface area contributed by atoms with Gasteiger partial charge in [0.15, 0.2) is 5.75 Å². The molecule has 160 valence electrons. The fraction of sp³-hybridized carbons (Fsp3) is 0.261. The van der Waals surface area contributed by atoms with Crippen molar-refractivity contribution in [3.05, 3.63) is 70.4 Å². The third-order valence-corrected chi connectivity index (χ3v) is 6.40. The van der Waals surface area contributed by atoms with Crippen molar-refractivity contribution < 1.29 is 22.7 Å². The van der Waals surface area contributed by atoms with Crippen molar-refractivity contribution in [3.8, 4) is 11.5 Å². The quantitative estimate of drug-likeness (QED) is 0.481. The summed E-state index contributed by atoms with van der Waals surface area (Å²) in [5.41, 5.74) is 1.19. The van der Waals surface area contributed by atoms with Crippen LogP contribution in [0.25, 0.3) is 0 Å². The Hall–Kier alpha value is -3.00. The number of carbonyl (C=O) groups is 1. The molecule has 0 N–H and O–H groups in total. The molecule has 0 radical (unpaired) electrons. The van der Waals surface area contributed by atoms with Gasteiger partial charge in [-0.05, 0) is 60.7 Å². The highest BCUT2D eigenvalue weighted by molar-refractivity contribution is 7.12. The van der Waals surface area contributed by atoms with Gasteiger partial charge in [0, 0.05) is 19.1 Å². The van der Waals surface area contributed by atoms with E-state index in [1.165, 1.54) is 36.3 Å². The number of fused-ring (bicyclic) bond motifs is 1. The van der Waals surface area contributed by atoms with E-state index in [9.17, 15) is 18.0 Å². The Kier molecular flexibility index (Phi) is 4.89. The van der Waals surface area contributed by atoms with Crippen LogP contribution in [0.5, 0.6) is 11.5 Å². The van der Waals surface area contributed by atoms with E-state index >= 15 is 0 Å². The number of carbonyl (C=O) groups excluding carboxylic acids is 1. The Bertz CT molecular complexity index is 1110. The molecule has 1 saturated carbocycles. The number of ether oxygens (including phenoxy) is 1. The summed E-state index contributed by atoms with van der Waals surface area (Å²) < 4.78 is 44.1. The number of amides is 1. The summed E-state index contributed by atoms with van der Waals surface area (Å²) in [4.78, 5) is 18.0. The van der Waals surface area contributed by atoms with E-state index in [4.69, 9.17) is 4.74 Å². The first kappa shape index (κ1) is 19.9. The standard InChI is InChI=1S/C23H19F3N2O2S/c24-23(25,26)15-5-9-17(10-6-15)30-20-11-14-31-21(20)22(29)28-13-12-27(16-7-8-16)18-3-1-2-4-19(18)28/h1-6,9-11,14,16H,7-8,12-13H2. The monoisotopic (exact) mass is 444 g/mol. The minimum Gasteiger partial charge on any atom is -0.456 e. The summed E-state index contributed by atoms with van der Waals surface area (Å²) >= 11 is 1.26. The molecule has 31 heavy (non-hydrogen) atoms. The molecule has 2 aliphatic rings. The second kappa shape index (κ2) is 7.60. The maximum Gasteiger partial charge on any atom is 0.416 e. The first-order valence-corrected chi connectivity index (χ1v) is 10.9. The van der Waals surface area contributed by atoms with Gasteiger partial charge in [0.2, 0.25) is 0 Å². The van der Waals surface area contributed by atoms with Crippen LogP contribution in [-0.2, 0) is 6.18 Å². The number of rotatable bonds is 4. The number of thiophene rings is 1. The number of para-hydroxylation sites is 2. The predicted molar refractivity (Wildman–Crippen MR) is 114 cm³/mol. The molecule has 0 bridgehead atoms. The van der Waals surface area contributed by atoms with E-state index < -0.39 is 11.7 Å². The molecule has 8 heteroatoms. The minimum absolute atomic E-state index is 0.167. The Morgan fingerprint density at radius 1 is 0.968 bits per heavy atom. The van der Waals surface area contributed by atoms with Gasteiger partial charge >= 0.3 is 6.18 Å². The summed E-state index contributed by atoms with van der Waals surface area (Å²) in [6, 6.07) is 14.6. The molecule has 0 atom stereocenters. The molecule has 3 aromatic rings. The van der Waals surface area contributed by atoms with E-state index in [2.05, 4.69) is 4.90 Å². The highest BCUT2D eigenvalue weighted by Crippen LogP contribution is 2.41. The molecular formula is C23H19F3N2O2S. The van der Waals surface area contributed by atoms with Crippen LogP contribution in [0.3, 0.4) is 0 Å². The molecule has 1 aromatic heterocycles. The van der Waals surface area contributed by atoms with E-state index in [0.29, 0.717) is 23.2 Å². The fourth-order valence-corrected chi connectivity index (χ4v) is 4.62. The molecule has 1 amide bonds. The molecule has 4 nitrogen and oxygen atoms in total. The number of hydrogen-bond donors (Lipinski definition) is 0. The number of halogens is 3. The lowest BCUT2D eigenvalue weighted by Crippen LogP contribution is -2.44. The number of hydrogen-bond acceptors (Lipinski definition) is 4. The molecule has 1 fully saturated rings. The molecule has 5 rings (SSSR count). The van der Waals surface area contributed by atoms with Crippen molar-refractivity contribution in [2.45, 2.75) is 25.1 Å². The Balaban J connectivity index is 1.39. The number of benzene rings is 2. The molecule has 0 saturated heterocycles. The van der Waals surface area contributed by atoms with Gasteiger partial charge in [-0.25, -0.2) is 0 Å². The SMILES string of the molecule is O=C(c1sccc1Oc1ccc(C(F)(F)F)cc1)N1CCN(C2CC2)c2ccccc21. The Morgan fingerprint density at radius 3 is 2.35 bits per heavy atom. The average Bonchev–Trinajstić information content (AvgIpc) is 3.51. The lowest BCUT2D eigenvalue weighted by molar-refractivity contribution is -0.137. The van der Waals surface area contributed by atoms with Crippen LogP contribution in [0, 0.1) is 0 Å². The average molecular weight is 444 g/mol. The van der Waals surface area contributed by atoms with Crippen LogP contribution < -0.4 is 14.5 Å². The zero-order valence-electron chi connectivity index (χ0n) is 16.4. The third-order valence-electron chi connectivity index (χ3n) is 5.51. The second-order valence-electron chi connectivity index (χ2n) is 7.61. The minimum atomic E-state index is -4.40. The fourth-order valence-electron chi connectivity index (χ4n) is 3.86. The van der Waals surface area contributed by atoms with Crippen LogP contribution in [0.15, 0.2) is 60.0 Å². The van der Waals surface area contributed by atoms with Crippen molar-refractivity contribution in [2.24, 2.45) is 0 Å². The number of anilines is 2. The van der Waals surface area contributed by atoms with E-state index in [0.717, 1.165) is 30.1 Å². The lowest BCUT2D eigenvalue weighted by Gasteiger charge is -2.37. The van der Waals surface area contributed by atoms with Gasteiger partial charge in [0.25, 0.3) is 5.91 Å². The molecule has 0 spiro atoms. The molecule has 0 unspecified atom stereocenters. The Labute approximate surface area is 181 Å². The van der Waals surface area contributed by atoms with Gasteiger partial charge in [-0.2, -0.15) is 13.2 Å². The van der Waals surface area contributed by atoms with E-state index in [-0.39, 0.29) is 11.7 Å². The molecule has 2 aromatic carbocycles. The highest BCUT2D eigenvalue weighted by atomic mass is 32.1. The van der Waals surface area contributed by atoms with Gasteiger partial charge in [-0.15, -0.1) is 11.3 Å². The largest absolute Gasteiger partial charge is 0.456 e. The van der Waals surface area contributed by atoms with Crippen molar-refractivity contribution in [1.82, 2.24) is 0 Å². The van der Waals surface area contributed by atoms with E-state index in [1.807, 2.05) is 24.3 Å². The van der Waals surface area contributed by atoms with Crippen molar-refractivity contribution >= 4 is 28.6 Å². The normalized spacial score (nSPS) is 16.2. The zero-order chi connectivity index (χ0) is 21.6. The van der Waals surface area contributed by atoms with Gasteiger partial charge in [0.05, 0.1) is 16.9 Å². The van der Waals surface area contributed by atoms with Crippen LogP contribution in [0.4, 0.5) is 24.5 Å². The van der Waals surface area contributed by atoms with Gasteiger partial charge < -0.3 is 14.5 Å². The topological polar surface area (TPSA) is 32.8 Å². The van der Waals surface area contributed by atoms with Crippen LogP contribution in [0.2, 0.25) is 0 Å². The lowest BCUT2D eigenvalue weighted by atomic mass is 10.1. The predicted octanol–water partition coefficient (Wildman–Crippen LogP) is 6.19. The van der Waals surface area contributed by atoms with Gasteiger partial charge in [-0.1, -0.05) is 12.1 Å². The maximum absolute atomic E-state index is 13.4. The highest BCUT2D eigenvalue weighted by Gasteiger charge is 2.36. The smallest absolute Gasteiger partial charge is 0.416 e. The second-order valence-corrected chi connectivity index (χ2v) is 8.52. The summed E-state index contributed by atoms with van der Waals surface area (Å²) in [5, 5.41) is 1.75. The van der Waals surface area contributed by atoms with E-state index in [1.54, 1.807) is 16.3 Å². The molecule has 1 aliphatic carbocycles. The maximum atomic E-state index is 13.4. The van der Waals surface area contributed by atoms with Crippen molar-refractivity contribution in [2.75, 3.05) is 22.9 Å². The summed E-state index contributed by atoms with van der Waals surface area (Å²) in [6.07, 6.45) is -2.05. The molecule has 2 heterocycles. The molecular weight excluding hydrogens is 425 g/mol.